The summed E-state index contributed by atoms with van der Waals surface area (Å²) in [5, 5.41) is 16.9. The van der Waals surface area contributed by atoms with Gasteiger partial charge in [-0.15, -0.1) is 5.10 Å². The average molecular weight is 300 g/mol. The largest absolute Gasteiger partial charge is 0.318 e. The number of hydrogen-bond donors (Lipinski definition) is 1. The standard InChI is InChI=1S/C14H16N6S/c1-15-8-9-20-14(17-18-19-20)21-10-12-5-2-4-11-6-3-7-16-13(11)12/h2-7,15H,8-10H2,1H3. The van der Waals surface area contributed by atoms with Gasteiger partial charge in [0, 0.05) is 23.9 Å². The van der Waals surface area contributed by atoms with E-state index in [4.69, 9.17) is 0 Å². The van der Waals surface area contributed by atoms with Crippen LogP contribution >= 0.6 is 11.8 Å². The molecule has 0 aliphatic heterocycles. The Balaban J connectivity index is 1.76. The van der Waals surface area contributed by atoms with Gasteiger partial charge in [-0.25, -0.2) is 4.68 Å². The van der Waals surface area contributed by atoms with Crippen LogP contribution in [0.15, 0.2) is 41.7 Å². The maximum absolute atomic E-state index is 4.47. The molecule has 7 heteroatoms. The summed E-state index contributed by atoms with van der Waals surface area (Å²) in [7, 11) is 1.92. The van der Waals surface area contributed by atoms with E-state index in [1.807, 2.05) is 24.0 Å². The second-order valence-corrected chi connectivity index (χ2v) is 5.51. The molecule has 0 bridgehead atoms. The molecular formula is C14H16N6S. The van der Waals surface area contributed by atoms with Crippen molar-refractivity contribution in [3.63, 3.8) is 0 Å². The normalized spacial score (nSPS) is 11.1. The number of pyridine rings is 1. The zero-order valence-corrected chi connectivity index (χ0v) is 12.5. The highest BCUT2D eigenvalue weighted by atomic mass is 32.2. The molecule has 0 aliphatic rings. The summed E-state index contributed by atoms with van der Waals surface area (Å²) in [6, 6.07) is 10.3. The van der Waals surface area contributed by atoms with E-state index in [9.17, 15) is 0 Å². The fourth-order valence-corrected chi connectivity index (χ4v) is 2.97. The van der Waals surface area contributed by atoms with Gasteiger partial charge >= 0.3 is 0 Å². The van der Waals surface area contributed by atoms with Gasteiger partial charge in [-0.05, 0) is 29.1 Å². The van der Waals surface area contributed by atoms with Crippen LogP contribution in [0.3, 0.4) is 0 Å². The van der Waals surface area contributed by atoms with E-state index in [0.717, 1.165) is 34.9 Å². The van der Waals surface area contributed by atoms with Crippen molar-refractivity contribution in [1.29, 1.82) is 0 Å². The number of nitrogens with zero attached hydrogens (tertiary/aromatic N) is 5. The van der Waals surface area contributed by atoms with Crippen molar-refractivity contribution in [2.45, 2.75) is 17.5 Å². The smallest absolute Gasteiger partial charge is 0.209 e. The van der Waals surface area contributed by atoms with Crippen molar-refractivity contribution in [3.8, 4) is 0 Å². The van der Waals surface area contributed by atoms with Crippen molar-refractivity contribution in [2.75, 3.05) is 13.6 Å². The van der Waals surface area contributed by atoms with Crippen LogP contribution < -0.4 is 5.32 Å². The molecule has 108 valence electrons. The third-order valence-electron chi connectivity index (χ3n) is 3.15. The Morgan fingerprint density at radius 3 is 3.05 bits per heavy atom. The molecule has 3 aromatic rings. The molecule has 0 fully saturated rings. The van der Waals surface area contributed by atoms with E-state index in [1.54, 1.807) is 11.8 Å². The van der Waals surface area contributed by atoms with Crippen LogP contribution in [0.25, 0.3) is 10.9 Å². The van der Waals surface area contributed by atoms with Crippen LogP contribution in [0.1, 0.15) is 5.56 Å². The zero-order chi connectivity index (χ0) is 14.5. The van der Waals surface area contributed by atoms with Gasteiger partial charge in [-0.1, -0.05) is 36.0 Å². The fraction of sp³-hybridized carbons (Fsp3) is 0.286. The maximum Gasteiger partial charge on any atom is 0.209 e. The Hall–Kier alpha value is -1.99. The van der Waals surface area contributed by atoms with E-state index in [-0.39, 0.29) is 0 Å². The number of thioether (sulfide) groups is 1. The number of likely N-dealkylation sites (N-methyl/N-ethyl adjacent to an activating group) is 1. The molecule has 0 atom stereocenters. The molecule has 0 saturated heterocycles. The summed E-state index contributed by atoms with van der Waals surface area (Å²) >= 11 is 1.63. The number of para-hydroxylation sites is 1. The maximum atomic E-state index is 4.47. The van der Waals surface area contributed by atoms with E-state index in [0.29, 0.717) is 0 Å². The van der Waals surface area contributed by atoms with Crippen LogP contribution in [-0.4, -0.2) is 38.8 Å². The molecule has 6 nitrogen and oxygen atoms in total. The second kappa shape index (κ2) is 6.64. The topological polar surface area (TPSA) is 68.5 Å². The molecule has 1 aromatic carbocycles. The highest BCUT2D eigenvalue weighted by molar-refractivity contribution is 7.98. The molecule has 0 aliphatic carbocycles. The van der Waals surface area contributed by atoms with Gasteiger partial charge in [-0.3, -0.25) is 4.98 Å². The molecule has 2 heterocycles. The molecule has 0 unspecified atom stereocenters. The lowest BCUT2D eigenvalue weighted by Gasteiger charge is -2.06. The minimum Gasteiger partial charge on any atom is -0.318 e. The van der Waals surface area contributed by atoms with Gasteiger partial charge in [0.1, 0.15) is 0 Å². The lowest BCUT2D eigenvalue weighted by molar-refractivity contribution is 0.530. The first-order valence-corrected chi connectivity index (χ1v) is 7.73. The monoisotopic (exact) mass is 300 g/mol. The summed E-state index contributed by atoms with van der Waals surface area (Å²) in [6.07, 6.45) is 1.83. The van der Waals surface area contributed by atoms with Crippen LogP contribution in [0, 0.1) is 0 Å². The lowest BCUT2D eigenvalue weighted by Crippen LogP contribution is -2.16. The number of benzene rings is 1. The number of tetrazole rings is 1. The summed E-state index contributed by atoms with van der Waals surface area (Å²) in [6.45, 7) is 1.61. The molecule has 0 spiro atoms. The lowest BCUT2D eigenvalue weighted by atomic mass is 10.1. The molecular weight excluding hydrogens is 284 g/mol. The summed E-state index contributed by atoms with van der Waals surface area (Å²) in [5.41, 5.74) is 2.24. The summed E-state index contributed by atoms with van der Waals surface area (Å²) in [5.74, 6) is 0.800. The van der Waals surface area contributed by atoms with Crippen molar-refractivity contribution >= 4 is 22.7 Å². The predicted octanol–water partition coefficient (Wildman–Crippen LogP) is 1.73. The Morgan fingerprint density at radius 1 is 1.24 bits per heavy atom. The Labute approximate surface area is 127 Å². The number of rotatable bonds is 6. The van der Waals surface area contributed by atoms with Gasteiger partial charge < -0.3 is 5.32 Å². The van der Waals surface area contributed by atoms with Crippen molar-refractivity contribution < 1.29 is 0 Å². The number of fused-ring (bicyclic) bond motifs is 1. The average Bonchev–Trinajstić information content (AvgIpc) is 2.98. The molecule has 0 radical (unpaired) electrons. The van der Waals surface area contributed by atoms with Gasteiger partial charge in [0.05, 0.1) is 12.1 Å². The minimum absolute atomic E-state index is 0.764. The Morgan fingerprint density at radius 2 is 2.14 bits per heavy atom. The third-order valence-corrected chi connectivity index (χ3v) is 4.15. The molecule has 2 aromatic heterocycles. The summed E-state index contributed by atoms with van der Waals surface area (Å²) < 4.78 is 1.82. The van der Waals surface area contributed by atoms with Crippen molar-refractivity contribution in [1.82, 2.24) is 30.5 Å². The Bertz CT molecular complexity index is 721. The predicted molar refractivity (Wildman–Crippen MR) is 83.0 cm³/mol. The van der Waals surface area contributed by atoms with Gasteiger partial charge in [0.15, 0.2) is 0 Å². The second-order valence-electron chi connectivity index (χ2n) is 4.57. The number of hydrogen-bond acceptors (Lipinski definition) is 6. The van der Waals surface area contributed by atoms with E-state index >= 15 is 0 Å². The van der Waals surface area contributed by atoms with Crippen molar-refractivity contribution in [3.05, 3.63) is 42.1 Å². The van der Waals surface area contributed by atoms with Crippen LogP contribution in [0.2, 0.25) is 0 Å². The van der Waals surface area contributed by atoms with Crippen LogP contribution in [0.4, 0.5) is 0 Å². The molecule has 1 N–H and O–H groups in total. The van der Waals surface area contributed by atoms with E-state index < -0.39 is 0 Å². The fourth-order valence-electron chi connectivity index (χ4n) is 2.08. The number of aromatic nitrogens is 5. The first kappa shape index (κ1) is 14.0. The van der Waals surface area contributed by atoms with E-state index in [2.05, 4.69) is 50.1 Å². The molecule has 3 rings (SSSR count). The van der Waals surface area contributed by atoms with Gasteiger partial charge in [0.25, 0.3) is 0 Å². The SMILES string of the molecule is CNCCn1nnnc1SCc1cccc2cccnc12. The quantitative estimate of drug-likeness (QED) is 0.699. The summed E-state index contributed by atoms with van der Waals surface area (Å²) in [4.78, 5) is 4.47. The van der Waals surface area contributed by atoms with Crippen molar-refractivity contribution in [2.24, 2.45) is 0 Å². The highest BCUT2D eigenvalue weighted by Gasteiger charge is 2.08. The molecule has 0 saturated carbocycles. The van der Waals surface area contributed by atoms with Crippen LogP contribution in [-0.2, 0) is 12.3 Å². The van der Waals surface area contributed by atoms with Gasteiger partial charge in [0.2, 0.25) is 5.16 Å². The third kappa shape index (κ3) is 3.20. The minimum atomic E-state index is 0.764. The highest BCUT2D eigenvalue weighted by Crippen LogP contribution is 2.24. The van der Waals surface area contributed by atoms with Crippen LogP contribution in [0.5, 0.6) is 0 Å². The Kier molecular flexibility index (Phi) is 4.42. The molecule has 21 heavy (non-hydrogen) atoms. The van der Waals surface area contributed by atoms with E-state index in [1.165, 1.54) is 5.56 Å². The first-order valence-electron chi connectivity index (χ1n) is 6.74. The number of nitrogens with one attached hydrogen (secondary N) is 1. The molecule has 0 amide bonds. The zero-order valence-electron chi connectivity index (χ0n) is 11.7. The van der Waals surface area contributed by atoms with Gasteiger partial charge in [-0.2, -0.15) is 0 Å². The first-order chi connectivity index (χ1) is 10.4.